The molecule has 3 aromatic rings. The maximum Gasteiger partial charge on any atom is 0.156 e. The Hall–Kier alpha value is -2.67. The van der Waals surface area contributed by atoms with Gasteiger partial charge in [-0.1, -0.05) is 30.3 Å². The van der Waals surface area contributed by atoms with Crippen LogP contribution in [0, 0.1) is 11.3 Å². The summed E-state index contributed by atoms with van der Waals surface area (Å²) in [5.74, 6) is 0.760. The van der Waals surface area contributed by atoms with Crippen LogP contribution >= 0.6 is 0 Å². The van der Waals surface area contributed by atoms with E-state index in [2.05, 4.69) is 16.2 Å². The number of benzene rings is 1. The van der Waals surface area contributed by atoms with Gasteiger partial charge >= 0.3 is 0 Å². The quantitative estimate of drug-likeness (QED) is 0.683. The molecule has 2 heterocycles. The average molecular weight is 234 g/mol. The molecule has 0 saturated carbocycles. The van der Waals surface area contributed by atoms with Crippen LogP contribution in [0.2, 0.25) is 0 Å². The number of hydrogen-bond acceptors (Lipinski definition) is 3. The van der Waals surface area contributed by atoms with Crippen LogP contribution in [0.4, 0.5) is 0 Å². The van der Waals surface area contributed by atoms with Crippen molar-refractivity contribution in [2.45, 2.75) is 6.42 Å². The van der Waals surface area contributed by atoms with E-state index in [1.807, 2.05) is 30.3 Å². The topological polar surface area (TPSA) is 54.0 Å². The van der Waals surface area contributed by atoms with Crippen LogP contribution in [0.3, 0.4) is 0 Å². The van der Waals surface area contributed by atoms with Gasteiger partial charge in [-0.25, -0.2) is 9.50 Å². The molecule has 0 atom stereocenters. The van der Waals surface area contributed by atoms with Crippen molar-refractivity contribution in [2.75, 3.05) is 0 Å². The lowest BCUT2D eigenvalue weighted by Crippen LogP contribution is -1.91. The van der Waals surface area contributed by atoms with Crippen LogP contribution in [0.25, 0.3) is 5.65 Å². The Morgan fingerprint density at radius 2 is 2.00 bits per heavy atom. The molecule has 0 aliphatic heterocycles. The Morgan fingerprint density at radius 3 is 2.78 bits per heavy atom. The summed E-state index contributed by atoms with van der Waals surface area (Å²) in [5.41, 5.74) is 2.48. The molecule has 18 heavy (non-hydrogen) atoms. The lowest BCUT2D eigenvalue weighted by atomic mass is 10.1. The minimum absolute atomic E-state index is 0.598. The van der Waals surface area contributed by atoms with Crippen LogP contribution < -0.4 is 0 Å². The van der Waals surface area contributed by atoms with Crippen molar-refractivity contribution in [3.8, 4) is 6.07 Å². The summed E-state index contributed by atoms with van der Waals surface area (Å²) in [6.45, 7) is 0. The van der Waals surface area contributed by atoms with E-state index in [0.29, 0.717) is 17.6 Å². The third kappa shape index (κ3) is 1.94. The summed E-state index contributed by atoms with van der Waals surface area (Å²) in [7, 11) is 0. The first-order chi connectivity index (χ1) is 8.85. The third-order valence-electron chi connectivity index (χ3n) is 2.72. The molecule has 3 rings (SSSR count). The minimum atomic E-state index is 0.598. The van der Waals surface area contributed by atoms with Crippen molar-refractivity contribution in [2.24, 2.45) is 0 Å². The van der Waals surface area contributed by atoms with Crippen LogP contribution in [-0.2, 0) is 6.42 Å². The molecule has 4 nitrogen and oxygen atoms in total. The van der Waals surface area contributed by atoms with Crippen LogP contribution in [0.1, 0.15) is 17.0 Å². The van der Waals surface area contributed by atoms with E-state index in [1.165, 1.54) is 5.56 Å². The summed E-state index contributed by atoms with van der Waals surface area (Å²) < 4.78 is 1.69. The summed E-state index contributed by atoms with van der Waals surface area (Å²) >= 11 is 0. The largest absolute Gasteiger partial charge is 0.221 e. The van der Waals surface area contributed by atoms with Crippen molar-refractivity contribution in [1.82, 2.24) is 14.6 Å². The molecule has 0 spiro atoms. The average Bonchev–Trinajstić information content (AvgIpc) is 2.80. The van der Waals surface area contributed by atoms with Crippen molar-refractivity contribution in [1.29, 1.82) is 5.26 Å². The number of hydrogen-bond donors (Lipinski definition) is 0. The highest BCUT2D eigenvalue weighted by Crippen LogP contribution is 2.09. The van der Waals surface area contributed by atoms with Gasteiger partial charge in [-0.15, -0.1) is 0 Å². The van der Waals surface area contributed by atoms with E-state index in [1.54, 1.807) is 22.8 Å². The third-order valence-corrected chi connectivity index (χ3v) is 2.72. The standard InChI is InChI=1S/C14H10N4/c15-10-12-6-7-18-14(9-12)16-13(17-18)8-11-4-2-1-3-5-11/h1-7,9H,8H2. The van der Waals surface area contributed by atoms with Crippen LogP contribution in [0.15, 0.2) is 48.7 Å². The van der Waals surface area contributed by atoms with Gasteiger partial charge in [0.05, 0.1) is 11.6 Å². The zero-order valence-corrected chi connectivity index (χ0v) is 9.61. The molecule has 2 aromatic heterocycles. The molecule has 0 fully saturated rings. The monoisotopic (exact) mass is 234 g/mol. The van der Waals surface area contributed by atoms with E-state index in [4.69, 9.17) is 5.26 Å². The number of rotatable bonds is 2. The molecule has 0 amide bonds. The first-order valence-electron chi connectivity index (χ1n) is 5.64. The SMILES string of the molecule is N#Cc1ccn2nc(Cc3ccccc3)nc2c1. The molecule has 0 saturated heterocycles. The molecule has 86 valence electrons. The van der Waals surface area contributed by atoms with Gasteiger partial charge in [-0.2, -0.15) is 10.4 Å². The highest BCUT2D eigenvalue weighted by molar-refractivity contribution is 5.45. The first kappa shape index (κ1) is 10.5. The van der Waals surface area contributed by atoms with Crippen molar-refractivity contribution < 1.29 is 0 Å². The molecule has 0 aliphatic carbocycles. The summed E-state index contributed by atoms with van der Waals surface area (Å²) in [4.78, 5) is 4.42. The molecule has 0 N–H and O–H groups in total. The van der Waals surface area contributed by atoms with E-state index in [-0.39, 0.29) is 0 Å². The number of nitriles is 1. The zero-order valence-electron chi connectivity index (χ0n) is 9.61. The number of aromatic nitrogens is 3. The Kier molecular flexibility index (Phi) is 2.50. The molecular weight excluding hydrogens is 224 g/mol. The lowest BCUT2D eigenvalue weighted by Gasteiger charge is -1.94. The normalized spacial score (nSPS) is 10.4. The summed E-state index contributed by atoms with van der Waals surface area (Å²) in [5, 5.41) is 13.2. The predicted octanol–water partition coefficient (Wildman–Crippen LogP) is 2.19. The zero-order chi connectivity index (χ0) is 12.4. The Morgan fingerprint density at radius 1 is 1.17 bits per heavy atom. The molecular formula is C14H10N4. The highest BCUT2D eigenvalue weighted by Gasteiger charge is 2.05. The molecule has 0 bridgehead atoms. The van der Waals surface area contributed by atoms with E-state index < -0.39 is 0 Å². The van der Waals surface area contributed by atoms with Gasteiger partial charge in [-0.05, 0) is 11.6 Å². The molecule has 0 radical (unpaired) electrons. The summed E-state index contributed by atoms with van der Waals surface area (Å²) in [6.07, 6.45) is 2.46. The van der Waals surface area contributed by atoms with Gasteiger partial charge in [0, 0.05) is 18.7 Å². The van der Waals surface area contributed by atoms with Crippen molar-refractivity contribution in [3.63, 3.8) is 0 Å². The molecule has 4 heteroatoms. The van der Waals surface area contributed by atoms with Gasteiger partial charge in [0.1, 0.15) is 0 Å². The van der Waals surface area contributed by atoms with E-state index in [0.717, 1.165) is 5.82 Å². The summed E-state index contributed by atoms with van der Waals surface area (Å²) in [6, 6.07) is 15.6. The Bertz CT molecular complexity index is 722. The molecule has 0 aliphatic rings. The van der Waals surface area contributed by atoms with Crippen LogP contribution in [0.5, 0.6) is 0 Å². The number of pyridine rings is 1. The number of nitrogens with zero attached hydrogens (tertiary/aromatic N) is 4. The first-order valence-corrected chi connectivity index (χ1v) is 5.64. The maximum atomic E-state index is 8.83. The second-order valence-electron chi connectivity index (χ2n) is 4.02. The van der Waals surface area contributed by atoms with E-state index in [9.17, 15) is 0 Å². The molecule has 1 aromatic carbocycles. The van der Waals surface area contributed by atoms with E-state index >= 15 is 0 Å². The van der Waals surface area contributed by atoms with Crippen molar-refractivity contribution >= 4 is 5.65 Å². The lowest BCUT2D eigenvalue weighted by molar-refractivity contribution is 0.899. The Labute approximate surface area is 104 Å². The van der Waals surface area contributed by atoms with Gasteiger partial charge in [-0.3, -0.25) is 0 Å². The predicted molar refractivity (Wildman–Crippen MR) is 67.0 cm³/mol. The van der Waals surface area contributed by atoms with Gasteiger partial charge in [0.2, 0.25) is 0 Å². The number of fused-ring (bicyclic) bond motifs is 1. The second-order valence-corrected chi connectivity index (χ2v) is 4.02. The Balaban J connectivity index is 1.97. The fourth-order valence-electron chi connectivity index (χ4n) is 1.85. The molecule has 0 unspecified atom stereocenters. The van der Waals surface area contributed by atoms with Gasteiger partial charge < -0.3 is 0 Å². The smallest absolute Gasteiger partial charge is 0.156 e. The minimum Gasteiger partial charge on any atom is -0.221 e. The van der Waals surface area contributed by atoms with Crippen LogP contribution in [-0.4, -0.2) is 14.6 Å². The van der Waals surface area contributed by atoms with Gasteiger partial charge in [0.25, 0.3) is 0 Å². The van der Waals surface area contributed by atoms with Crippen molar-refractivity contribution in [3.05, 3.63) is 65.6 Å². The fraction of sp³-hybridized carbons (Fsp3) is 0.0714. The highest BCUT2D eigenvalue weighted by atomic mass is 15.3. The second kappa shape index (κ2) is 4.30. The van der Waals surface area contributed by atoms with Gasteiger partial charge in [0.15, 0.2) is 11.5 Å². The maximum absolute atomic E-state index is 8.83. The fourth-order valence-corrected chi connectivity index (χ4v) is 1.85.